The van der Waals surface area contributed by atoms with Crippen molar-refractivity contribution in [1.29, 1.82) is 0 Å². The van der Waals surface area contributed by atoms with Crippen molar-refractivity contribution in [2.75, 3.05) is 12.9 Å². The van der Waals surface area contributed by atoms with Gasteiger partial charge in [-0.25, -0.2) is 18.2 Å². The number of carbonyl (C=O) groups excluding carboxylic acids is 1. The van der Waals surface area contributed by atoms with E-state index in [0.717, 1.165) is 12.5 Å². The van der Waals surface area contributed by atoms with Crippen LogP contribution in [0.3, 0.4) is 0 Å². The molecule has 0 saturated carbocycles. The zero-order chi connectivity index (χ0) is 16.5. The number of pyridine rings is 1. The number of hydrogen-bond acceptors (Lipinski definition) is 7. The fourth-order valence-corrected chi connectivity index (χ4v) is 2.43. The molecule has 2 rings (SSSR count). The number of nitrogens with zero attached hydrogens (tertiary/aromatic N) is 3. The summed E-state index contributed by atoms with van der Waals surface area (Å²) in [5, 5.41) is -0.301. The maximum atomic E-state index is 12.3. The number of rotatable bonds is 4. The summed E-state index contributed by atoms with van der Waals surface area (Å²) in [7, 11) is -3.60. The molecule has 0 bridgehead atoms. The number of carbonyl (C=O) groups is 1. The lowest BCUT2D eigenvalue weighted by atomic mass is 10.2. The molecular weight excluding hydrogens is 310 g/mol. The number of fused-ring (bicyclic) bond motifs is 1. The zero-order valence-corrected chi connectivity index (χ0v) is 13.2. The normalized spacial score (nSPS) is 11.6. The number of ether oxygens (including phenoxy) is 1. The molecule has 0 aromatic carbocycles. The molecule has 0 aliphatic carbocycles. The van der Waals surface area contributed by atoms with E-state index in [2.05, 4.69) is 9.97 Å². The highest BCUT2D eigenvalue weighted by molar-refractivity contribution is 7.90. The molecule has 0 amide bonds. The van der Waals surface area contributed by atoms with Crippen molar-refractivity contribution >= 4 is 26.8 Å². The third-order valence-electron chi connectivity index (χ3n) is 2.96. The van der Waals surface area contributed by atoms with Crippen LogP contribution in [-0.2, 0) is 21.1 Å². The molecule has 0 N–H and O–H groups in total. The molecular formula is C13H15N3O5S. The average molecular weight is 325 g/mol. The molecule has 0 fully saturated rings. The van der Waals surface area contributed by atoms with Gasteiger partial charge in [-0.15, -0.1) is 0 Å². The maximum Gasteiger partial charge on any atom is 0.343 e. The molecule has 2 aromatic heterocycles. The zero-order valence-electron chi connectivity index (χ0n) is 12.4. The monoisotopic (exact) mass is 325 g/mol. The minimum absolute atomic E-state index is 0.0693. The fourth-order valence-electron chi connectivity index (χ4n) is 1.93. The first-order chi connectivity index (χ1) is 10.3. The van der Waals surface area contributed by atoms with Crippen LogP contribution in [0.4, 0.5) is 0 Å². The van der Waals surface area contributed by atoms with Crippen LogP contribution >= 0.6 is 0 Å². The molecule has 22 heavy (non-hydrogen) atoms. The summed E-state index contributed by atoms with van der Waals surface area (Å²) >= 11 is 0. The predicted molar refractivity (Wildman–Crippen MR) is 78.5 cm³/mol. The summed E-state index contributed by atoms with van der Waals surface area (Å²) in [4.78, 5) is 31.8. The largest absolute Gasteiger partial charge is 0.462 e. The van der Waals surface area contributed by atoms with Crippen LogP contribution in [0.1, 0.15) is 24.2 Å². The van der Waals surface area contributed by atoms with Crippen LogP contribution < -0.4 is 5.43 Å². The van der Waals surface area contributed by atoms with E-state index in [9.17, 15) is 18.0 Å². The lowest BCUT2D eigenvalue weighted by Gasteiger charge is -2.10. The Morgan fingerprint density at radius 1 is 1.36 bits per heavy atom. The molecule has 118 valence electrons. The Balaban J connectivity index is 2.81. The number of hydrogen-bond donors (Lipinski definition) is 0. The topological polar surface area (TPSA) is 108 Å². The van der Waals surface area contributed by atoms with Crippen molar-refractivity contribution < 1.29 is 17.9 Å². The second-order valence-corrected chi connectivity index (χ2v) is 6.45. The number of esters is 1. The lowest BCUT2D eigenvalue weighted by Crippen LogP contribution is -2.22. The van der Waals surface area contributed by atoms with E-state index in [1.54, 1.807) is 13.8 Å². The number of aryl methyl sites for hydroxylation is 1. The van der Waals surface area contributed by atoms with E-state index in [0.29, 0.717) is 6.54 Å². The first-order valence-corrected chi connectivity index (χ1v) is 8.46. The van der Waals surface area contributed by atoms with Gasteiger partial charge in [-0.3, -0.25) is 4.79 Å². The Hall–Kier alpha value is -2.29. The molecule has 0 saturated heterocycles. The Bertz CT molecular complexity index is 902. The van der Waals surface area contributed by atoms with Crippen molar-refractivity contribution in [3.63, 3.8) is 0 Å². The van der Waals surface area contributed by atoms with E-state index in [1.807, 2.05) is 0 Å². The van der Waals surface area contributed by atoms with Crippen LogP contribution in [0.5, 0.6) is 0 Å². The molecule has 8 nitrogen and oxygen atoms in total. The van der Waals surface area contributed by atoms with Crippen LogP contribution in [0.25, 0.3) is 11.0 Å². The lowest BCUT2D eigenvalue weighted by molar-refractivity contribution is 0.0524. The molecule has 0 unspecified atom stereocenters. The minimum Gasteiger partial charge on any atom is -0.462 e. The van der Waals surface area contributed by atoms with Crippen LogP contribution in [0, 0.1) is 0 Å². The highest BCUT2D eigenvalue weighted by Crippen LogP contribution is 2.12. The summed E-state index contributed by atoms with van der Waals surface area (Å²) in [6.07, 6.45) is 3.42. The van der Waals surface area contributed by atoms with Crippen LogP contribution in [-0.4, -0.2) is 41.8 Å². The van der Waals surface area contributed by atoms with Gasteiger partial charge in [-0.1, -0.05) is 0 Å². The van der Waals surface area contributed by atoms with Crippen molar-refractivity contribution in [3.8, 4) is 0 Å². The molecule has 2 heterocycles. The van der Waals surface area contributed by atoms with E-state index in [-0.39, 0.29) is 28.4 Å². The van der Waals surface area contributed by atoms with Gasteiger partial charge in [-0.05, 0) is 13.8 Å². The van der Waals surface area contributed by atoms with Gasteiger partial charge < -0.3 is 9.30 Å². The average Bonchev–Trinajstić information content (AvgIpc) is 2.46. The fraction of sp³-hybridized carbons (Fsp3) is 0.385. The van der Waals surface area contributed by atoms with Crippen LogP contribution in [0.15, 0.2) is 22.3 Å². The van der Waals surface area contributed by atoms with E-state index >= 15 is 0 Å². The van der Waals surface area contributed by atoms with Crippen LogP contribution in [0.2, 0.25) is 0 Å². The van der Waals surface area contributed by atoms with Gasteiger partial charge in [0.25, 0.3) is 0 Å². The molecule has 0 aliphatic heterocycles. The van der Waals surface area contributed by atoms with Gasteiger partial charge in [-0.2, -0.15) is 4.98 Å². The van der Waals surface area contributed by atoms with E-state index in [4.69, 9.17) is 4.74 Å². The van der Waals surface area contributed by atoms with Gasteiger partial charge in [0.2, 0.25) is 20.4 Å². The standard InChI is InChI=1S/C13H15N3O5S/c1-4-16-7-9(12(18)21-5-2)10(17)8-6-14-13(15-11(8)16)22(3,19)20/h6-7H,4-5H2,1-3H3. The summed E-state index contributed by atoms with van der Waals surface area (Å²) in [6, 6.07) is 0. The van der Waals surface area contributed by atoms with Gasteiger partial charge in [0.1, 0.15) is 11.2 Å². The summed E-state index contributed by atoms with van der Waals surface area (Å²) in [5.41, 5.74) is -0.555. The predicted octanol–water partition coefficient (Wildman–Crippen LogP) is 0.392. The SMILES string of the molecule is CCOC(=O)c1cn(CC)c2nc(S(C)(=O)=O)ncc2c1=O. The molecule has 0 spiro atoms. The quantitative estimate of drug-likeness (QED) is 0.591. The first-order valence-electron chi connectivity index (χ1n) is 6.57. The smallest absolute Gasteiger partial charge is 0.343 e. The van der Waals surface area contributed by atoms with E-state index in [1.165, 1.54) is 10.8 Å². The number of aromatic nitrogens is 3. The van der Waals surface area contributed by atoms with Crippen molar-refractivity contribution in [2.45, 2.75) is 25.5 Å². The molecule has 0 radical (unpaired) electrons. The summed E-state index contributed by atoms with van der Waals surface area (Å²) in [5.74, 6) is -0.733. The van der Waals surface area contributed by atoms with Gasteiger partial charge >= 0.3 is 5.97 Å². The van der Waals surface area contributed by atoms with Crippen molar-refractivity contribution in [3.05, 3.63) is 28.2 Å². The maximum absolute atomic E-state index is 12.3. The molecule has 2 aromatic rings. The third kappa shape index (κ3) is 2.84. The first kappa shape index (κ1) is 16.1. The Kier molecular flexibility index (Phi) is 4.27. The number of sulfone groups is 1. The molecule has 9 heteroatoms. The summed E-state index contributed by atoms with van der Waals surface area (Å²) < 4.78 is 29.4. The second kappa shape index (κ2) is 5.84. The van der Waals surface area contributed by atoms with Crippen molar-refractivity contribution in [2.24, 2.45) is 0 Å². The molecule has 0 aliphatic rings. The Labute approximate surface area is 126 Å². The van der Waals surface area contributed by atoms with Crippen molar-refractivity contribution in [1.82, 2.24) is 14.5 Å². The van der Waals surface area contributed by atoms with Gasteiger partial charge in [0.05, 0.1) is 12.0 Å². The second-order valence-electron chi connectivity index (χ2n) is 4.54. The minimum atomic E-state index is -3.60. The molecule has 0 atom stereocenters. The summed E-state index contributed by atoms with van der Waals surface area (Å²) in [6.45, 7) is 3.95. The van der Waals surface area contributed by atoms with E-state index < -0.39 is 21.2 Å². The highest BCUT2D eigenvalue weighted by atomic mass is 32.2. The third-order valence-corrected chi connectivity index (χ3v) is 3.82. The Morgan fingerprint density at radius 3 is 2.59 bits per heavy atom. The highest BCUT2D eigenvalue weighted by Gasteiger charge is 2.19. The van der Waals surface area contributed by atoms with Gasteiger partial charge in [0.15, 0.2) is 0 Å². The Morgan fingerprint density at radius 2 is 2.05 bits per heavy atom. The van der Waals surface area contributed by atoms with Gasteiger partial charge in [0, 0.05) is 25.2 Å².